The number of piperidine rings is 1. The molecule has 1 fully saturated rings. The van der Waals surface area contributed by atoms with Crippen molar-refractivity contribution in [2.24, 2.45) is 0 Å². The molecule has 0 bridgehead atoms. The second-order valence-corrected chi connectivity index (χ2v) is 7.98. The second kappa shape index (κ2) is 7.61. The van der Waals surface area contributed by atoms with Gasteiger partial charge in [0.2, 0.25) is 10.0 Å². The Labute approximate surface area is 141 Å². The molecule has 1 atom stereocenters. The molecule has 2 rings (SSSR count). The summed E-state index contributed by atoms with van der Waals surface area (Å²) in [6.45, 7) is 2.39. The number of benzene rings is 1. The lowest BCUT2D eigenvalue weighted by Gasteiger charge is -2.26. The van der Waals surface area contributed by atoms with Crippen LogP contribution in [0.2, 0.25) is 5.02 Å². The molecular formula is C15H21ClN2O4S. The Balaban J connectivity index is 2.31. The fraction of sp³-hybridized carbons (Fsp3) is 0.533. The molecule has 0 aliphatic carbocycles. The van der Waals surface area contributed by atoms with Gasteiger partial charge in [-0.25, -0.2) is 8.42 Å². The zero-order chi connectivity index (χ0) is 17.0. The first kappa shape index (κ1) is 18.2. The van der Waals surface area contributed by atoms with Gasteiger partial charge in [0.1, 0.15) is 4.90 Å². The number of carbonyl (C=O) groups is 1. The summed E-state index contributed by atoms with van der Waals surface area (Å²) in [5, 5.41) is 11.7. The van der Waals surface area contributed by atoms with E-state index in [-0.39, 0.29) is 22.1 Å². The maximum atomic E-state index is 12.7. The van der Waals surface area contributed by atoms with Crippen molar-refractivity contribution in [3.05, 3.63) is 28.8 Å². The Hall–Kier alpha value is -1.15. The molecule has 0 radical (unpaired) electrons. The molecule has 8 heteroatoms. The molecule has 1 saturated heterocycles. The number of aliphatic hydroxyl groups is 1. The number of carbonyl (C=O) groups excluding carboxylic acids is 1. The van der Waals surface area contributed by atoms with E-state index in [4.69, 9.17) is 16.7 Å². The largest absolute Gasteiger partial charge is 0.394 e. The summed E-state index contributed by atoms with van der Waals surface area (Å²) in [6.07, 6.45) is 2.66. The van der Waals surface area contributed by atoms with Crippen LogP contribution in [0.5, 0.6) is 0 Å². The van der Waals surface area contributed by atoms with E-state index in [1.54, 1.807) is 6.92 Å². The number of sulfonamides is 1. The molecule has 0 aromatic heterocycles. The third-order valence-electron chi connectivity index (χ3n) is 3.78. The predicted molar refractivity (Wildman–Crippen MR) is 88.1 cm³/mol. The van der Waals surface area contributed by atoms with E-state index in [1.165, 1.54) is 22.5 Å². The zero-order valence-electron chi connectivity index (χ0n) is 13.0. The minimum absolute atomic E-state index is 0.0506. The summed E-state index contributed by atoms with van der Waals surface area (Å²) in [6, 6.07) is 3.76. The summed E-state index contributed by atoms with van der Waals surface area (Å²) >= 11 is 6.06. The van der Waals surface area contributed by atoms with Gasteiger partial charge >= 0.3 is 0 Å². The lowest BCUT2D eigenvalue weighted by Crippen LogP contribution is -2.36. The van der Waals surface area contributed by atoms with Crippen LogP contribution in [0.3, 0.4) is 0 Å². The Kier molecular flexibility index (Phi) is 6.02. The van der Waals surface area contributed by atoms with Gasteiger partial charge in [-0.2, -0.15) is 4.31 Å². The quantitative estimate of drug-likeness (QED) is 0.835. The van der Waals surface area contributed by atoms with Crippen molar-refractivity contribution in [2.45, 2.75) is 37.1 Å². The number of halogens is 1. The Bertz CT molecular complexity index is 672. The number of hydrogen-bond acceptors (Lipinski definition) is 4. The van der Waals surface area contributed by atoms with Gasteiger partial charge in [0, 0.05) is 24.7 Å². The summed E-state index contributed by atoms with van der Waals surface area (Å²) in [4.78, 5) is 12.1. The van der Waals surface area contributed by atoms with Crippen LogP contribution in [0.15, 0.2) is 23.1 Å². The number of aliphatic hydroxyl groups excluding tert-OH is 1. The normalized spacial score (nSPS) is 17.7. The number of nitrogens with zero attached hydrogens (tertiary/aromatic N) is 1. The molecule has 1 aliphatic rings. The topological polar surface area (TPSA) is 86.7 Å². The van der Waals surface area contributed by atoms with Gasteiger partial charge in [0.05, 0.1) is 11.6 Å². The molecule has 1 amide bonds. The second-order valence-electron chi connectivity index (χ2n) is 5.67. The van der Waals surface area contributed by atoms with Gasteiger partial charge in [-0.15, -0.1) is 0 Å². The summed E-state index contributed by atoms with van der Waals surface area (Å²) < 4.78 is 26.9. The molecule has 0 spiro atoms. The molecule has 0 saturated carbocycles. The van der Waals surface area contributed by atoms with E-state index in [0.29, 0.717) is 13.1 Å². The number of nitrogens with one attached hydrogen (secondary N) is 1. The van der Waals surface area contributed by atoms with Crippen LogP contribution in [0.25, 0.3) is 0 Å². The molecule has 1 aromatic carbocycles. The SMILES string of the molecule is CC(CO)NC(=O)c1ccc(Cl)c(S(=O)(=O)N2CCCCC2)c1. The fourth-order valence-electron chi connectivity index (χ4n) is 2.44. The molecule has 1 aromatic rings. The van der Waals surface area contributed by atoms with E-state index in [0.717, 1.165) is 19.3 Å². The monoisotopic (exact) mass is 360 g/mol. The first-order valence-electron chi connectivity index (χ1n) is 7.57. The van der Waals surface area contributed by atoms with E-state index >= 15 is 0 Å². The number of hydrogen-bond donors (Lipinski definition) is 2. The van der Waals surface area contributed by atoms with Crippen molar-refractivity contribution in [1.82, 2.24) is 9.62 Å². The van der Waals surface area contributed by atoms with Gasteiger partial charge in [0.15, 0.2) is 0 Å². The van der Waals surface area contributed by atoms with Gasteiger partial charge in [-0.1, -0.05) is 18.0 Å². The van der Waals surface area contributed by atoms with Crippen molar-refractivity contribution in [1.29, 1.82) is 0 Å². The molecule has 2 N–H and O–H groups in total. The molecular weight excluding hydrogens is 340 g/mol. The smallest absolute Gasteiger partial charge is 0.251 e. The van der Waals surface area contributed by atoms with Crippen LogP contribution in [0.1, 0.15) is 36.5 Å². The highest BCUT2D eigenvalue weighted by molar-refractivity contribution is 7.89. The van der Waals surface area contributed by atoms with Crippen LogP contribution < -0.4 is 5.32 Å². The van der Waals surface area contributed by atoms with Crippen LogP contribution >= 0.6 is 11.6 Å². The summed E-state index contributed by atoms with van der Waals surface area (Å²) in [7, 11) is -3.71. The zero-order valence-corrected chi connectivity index (χ0v) is 14.5. The van der Waals surface area contributed by atoms with Gasteiger partial charge in [-0.3, -0.25) is 4.79 Å². The maximum Gasteiger partial charge on any atom is 0.251 e. The molecule has 128 valence electrons. The standard InChI is InChI=1S/C15H21ClN2O4S/c1-11(10-19)17-15(20)12-5-6-13(16)14(9-12)23(21,22)18-7-3-2-4-8-18/h5-6,9,11,19H,2-4,7-8,10H2,1H3,(H,17,20). The van der Waals surface area contributed by atoms with Crippen molar-refractivity contribution >= 4 is 27.5 Å². The highest BCUT2D eigenvalue weighted by Crippen LogP contribution is 2.27. The summed E-state index contributed by atoms with van der Waals surface area (Å²) in [5.41, 5.74) is 0.199. The van der Waals surface area contributed by atoms with Crippen molar-refractivity contribution in [3.8, 4) is 0 Å². The number of amides is 1. The van der Waals surface area contributed by atoms with Gasteiger partial charge in [-0.05, 0) is 38.0 Å². The van der Waals surface area contributed by atoms with Crippen LogP contribution in [0.4, 0.5) is 0 Å². The van der Waals surface area contributed by atoms with Gasteiger partial charge < -0.3 is 10.4 Å². The van der Waals surface area contributed by atoms with Crippen LogP contribution in [-0.4, -0.2) is 49.5 Å². The molecule has 6 nitrogen and oxygen atoms in total. The van der Waals surface area contributed by atoms with E-state index in [9.17, 15) is 13.2 Å². The predicted octanol–water partition coefficient (Wildman–Crippen LogP) is 1.63. The lowest BCUT2D eigenvalue weighted by atomic mass is 10.2. The highest BCUT2D eigenvalue weighted by Gasteiger charge is 2.28. The van der Waals surface area contributed by atoms with Crippen molar-refractivity contribution in [2.75, 3.05) is 19.7 Å². The molecule has 1 aliphatic heterocycles. The van der Waals surface area contributed by atoms with Crippen molar-refractivity contribution in [3.63, 3.8) is 0 Å². The molecule has 1 heterocycles. The van der Waals surface area contributed by atoms with Crippen molar-refractivity contribution < 1.29 is 18.3 Å². The van der Waals surface area contributed by atoms with E-state index in [2.05, 4.69) is 5.32 Å². The third kappa shape index (κ3) is 4.23. The molecule has 1 unspecified atom stereocenters. The molecule has 23 heavy (non-hydrogen) atoms. The average Bonchev–Trinajstić information content (AvgIpc) is 2.55. The Morgan fingerprint density at radius 3 is 2.61 bits per heavy atom. The maximum absolute atomic E-state index is 12.7. The minimum Gasteiger partial charge on any atom is -0.394 e. The van der Waals surface area contributed by atoms with E-state index in [1.807, 2.05) is 0 Å². The summed E-state index contributed by atoms with van der Waals surface area (Å²) in [5.74, 6) is -0.446. The lowest BCUT2D eigenvalue weighted by molar-refractivity contribution is 0.0922. The fourth-order valence-corrected chi connectivity index (χ4v) is 4.46. The van der Waals surface area contributed by atoms with Crippen LogP contribution in [0, 0.1) is 0 Å². The van der Waals surface area contributed by atoms with E-state index < -0.39 is 22.0 Å². The first-order chi connectivity index (χ1) is 10.9. The van der Waals surface area contributed by atoms with Crippen LogP contribution in [-0.2, 0) is 10.0 Å². The Morgan fingerprint density at radius 1 is 1.35 bits per heavy atom. The Morgan fingerprint density at radius 2 is 2.00 bits per heavy atom. The average molecular weight is 361 g/mol. The first-order valence-corrected chi connectivity index (χ1v) is 9.39. The third-order valence-corrected chi connectivity index (χ3v) is 6.16. The number of rotatable bonds is 5. The van der Waals surface area contributed by atoms with Gasteiger partial charge in [0.25, 0.3) is 5.91 Å². The minimum atomic E-state index is -3.71. The highest BCUT2D eigenvalue weighted by atomic mass is 35.5.